The van der Waals surface area contributed by atoms with E-state index in [1.165, 1.54) is 89.8 Å². The van der Waals surface area contributed by atoms with Gasteiger partial charge in [-0.25, -0.2) is 0 Å². The normalized spacial score (nSPS) is 13.5. The maximum Gasteiger partial charge on any atom is 0.159 e. The molecule has 2 aromatic heterocycles. The predicted molar refractivity (Wildman–Crippen MR) is 320 cm³/mol. The molecule has 0 radical (unpaired) electrons. The van der Waals surface area contributed by atoms with Crippen molar-refractivity contribution < 1.29 is 8.83 Å². The molecule has 6 heterocycles. The summed E-state index contributed by atoms with van der Waals surface area (Å²) in [6.45, 7) is 4.36. The Morgan fingerprint density at radius 2 is 0.744 bits per heavy atom. The van der Waals surface area contributed by atoms with Gasteiger partial charge >= 0.3 is 0 Å². The van der Waals surface area contributed by atoms with Crippen molar-refractivity contribution in [3.05, 3.63) is 274 Å². The summed E-state index contributed by atoms with van der Waals surface area (Å²) in [5.74, 6) is 0. The SMILES string of the molecule is Cc1cccc(N(c2ccc3c4c2Cc2ccccc2N4c2cc4c(cc2C3)N2c3ccccc3Cc3c(N(c5cccc(C)c5)c5cccc6c5oc5ccccc56)ccc(c32)C4)c2cccc3c2oc2ccccc23)c1. The third-order valence-corrected chi connectivity index (χ3v) is 17.1. The first kappa shape index (κ1) is 43.5. The van der Waals surface area contributed by atoms with E-state index in [0.717, 1.165) is 104 Å². The summed E-state index contributed by atoms with van der Waals surface area (Å²) in [6, 6.07) is 80.5. The molecule has 0 spiro atoms. The summed E-state index contributed by atoms with van der Waals surface area (Å²) in [5.41, 5.74) is 30.7. The van der Waals surface area contributed by atoms with Crippen LogP contribution in [-0.2, 0) is 25.7 Å². The number of furan rings is 2. The molecule has 0 fully saturated rings. The predicted octanol–water partition coefficient (Wildman–Crippen LogP) is 19.6. The van der Waals surface area contributed by atoms with E-state index < -0.39 is 0 Å². The fourth-order valence-corrected chi connectivity index (χ4v) is 13.8. The van der Waals surface area contributed by atoms with Crippen LogP contribution in [0.15, 0.2) is 227 Å². The van der Waals surface area contributed by atoms with E-state index in [1.807, 2.05) is 0 Å². The quantitative estimate of drug-likeness (QED) is 0.165. The van der Waals surface area contributed by atoms with Crippen LogP contribution in [0.5, 0.6) is 0 Å². The van der Waals surface area contributed by atoms with Crippen LogP contribution in [-0.4, -0.2) is 0 Å². The van der Waals surface area contributed by atoms with Crippen molar-refractivity contribution in [2.75, 3.05) is 19.6 Å². The van der Waals surface area contributed by atoms with Crippen molar-refractivity contribution in [2.24, 2.45) is 0 Å². The van der Waals surface area contributed by atoms with E-state index in [9.17, 15) is 0 Å². The number of aryl methyl sites for hydroxylation is 2. The Labute approximate surface area is 451 Å². The largest absolute Gasteiger partial charge is 0.454 e. The van der Waals surface area contributed by atoms with Gasteiger partial charge in [0, 0.05) is 81.1 Å². The van der Waals surface area contributed by atoms with Gasteiger partial charge in [0.2, 0.25) is 0 Å². The van der Waals surface area contributed by atoms with Crippen LogP contribution in [0.1, 0.15) is 55.6 Å². The molecular weight excluding hydrogens is 953 g/mol. The lowest BCUT2D eigenvalue weighted by Gasteiger charge is -2.44. The number of anilines is 12. The van der Waals surface area contributed by atoms with Gasteiger partial charge in [-0.1, -0.05) is 133 Å². The fraction of sp³-hybridized carbons (Fsp3) is 0.0833. The monoisotopic (exact) mass is 1000 g/mol. The molecular formula is C72H50N4O2. The second-order valence-electron chi connectivity index (χ2n) is 21.7. The highest BCUT2D eigenvalue weighted by Gasteiger charge is 2.39. The Bertz CT molecular complexity index is 4420. The molecule has 0 saturated heterocycles. The van der Waals surface area contributed by atoms with E-state index in [1.54, 1.807) is 0 Å². The van der Waals surface area contributed by atoms with Crippen LogP contribution in [0.4, 0.5) is 68.2 Å². The molecule has 11 aromatic carbocycles. The van der Waals surface area contributed by atoms with Crippen molar-refractivity contribution >= 4 is 112 Å². The number of hydrogen-bond acceptors (Lipinski definition) is 6. The van der Waals surface area contributed by atoms with Gasteiger partial charge in [-0.05, 0) is 143 Å². The van der Waals surface area contributed by atoms with Crippen molar-refractivity contribution in [3.8, 4) is 0 Å². The zero-order valence-electron chi connectivity index (χ0n) is 43.2. The molecule has 0 bridgehead atoms. The lowest BCUT2D eigenvalue weighted by atomic mass is 9.81. The average Bonchev–Trinajstić information content (AvgIpc) is 3.64. The van der Waals surface area contributed by atoms with Crippen LogP contribution in [0.25, 0.3) is 43.9 Å². The summed E-state index contributed by atoms with van der Waals surface area (Å²) in [6.07, 6.45) is 3.23. The highest BCUT2D eigenvalue weighted by molar-refractivity contribution is 6.12. The molecule has 0 unspecified atom stereocenters. The van der Waals surface area contributed by atoms with Crippen LogP contribution in [0, 0.1) is 13.8 Å². The second kappa shape index (κ2) is 16.4. The molecule has 6 nitrogen and oxygen atoms in total. The van der Waals surface area contributed by atoms with Crippen molar-refractivity contribution in [1.82, 2.24) is 0 Å². The van der Waals surface area contributed by atoms with Gasteiger partial charge in [-0.15, -0.1) is 0 Å². The van der Waals surface area contributed by atoms with Gasteiger partial charge in [0.25, 0.3) is 0 Å². The van der Waals surface area contributed by atoms with E-state index in [4.69, 9.17) is 8.83 Å². The second-order valence-corrected chi connectivity index (χ2v) is 21.7. The lowest BCUT2D eigenvalue weighted by Crippen LogP contribution is -2.29. The zero-order valence-corrected chi connectivity index (χ0v) is 43.2. The molecule has 17 rings (SSSR count). The van der Waals surface area contributed by atoms with Gasteiger partial charge in [0.1, 0.15) is 11.2 Å². The molecule has 0 amide bonds. The van der Waals surface area contributed by atoms with Crippen molar-refractivity contribution in [3.63, 3.8) is 0 Å². The number of para-hydroxylation sites is 6. The molecule has 6 heteroatoms. The van der Waals surface area contributed by atoms with Crippen molar-refractivity contribution in [2.45, 2.75) is 39.5 Å². The van der Waals surface area contributed by atoms with E-state index in [0.29, 0.717) is 0 Å². The Morgan fingerprint density at radius 3 is 1.22 bits per heavy atom. The molecule has 78 heavy (non-hydrogen) atoms. The molecule has 0 aliphatic carbocycles. The van der Waals surface area contributed by atoms with Crippen LogP contribution < -0.4 is 19.6 Å². The van der Waals surface area contributed by atoms with Gasteiger partial charge in [0.05, 0.1) is 45.5 Å². The number of nitrogens with zero attached hydrogens (tertiary/aromatic N) is 4. The maximum atomic E-state index is 6.82. The maximum absolute atomic E-state index is 6.82. The van der Waals surface area contributed by atoms with Crippen LogP contribution in [0.2, 0.25) is 0 Å². The van der Waals surface area contributed by atoms with Gasteiger partial charge < -0.3 is 28.4 Å². The minimum Gasteiger partial charge on any atom is -0.454 e. The summed E-state index contributed by atoms with van der Waals surface area (Å²) in [7, 11) is 0. The van der Waals surface area contributed by atoms with E-state index >= 15 is 0 Å². The minimum absolute atomic E-state index is 0.803. The third-order valence-electron chi connectivity index (χ3n) is 17.1. The first-order chi connectivity index (χ1) is 38.5. The molecule has 4 aliphatic heterocycles. The molecule has 13 aromatic rings. The first-order valence-corrected chi connectivity index (χ1v) is 27.2. The lowest BCUT2D eigenvalue weighted by molar-refractivity contribution is 0.668. The summed E-state index contributed by atoms with van der Waals surface area (Å²) < 4.78 is 13.6. The standard InChI is InChI=1S/C72H50N4O2/c1-43-15-11-19-51(35-43)73(63-27-13-23-55-53-21-5-9-29-67(53)77-71(55)63)61-33-31-47-37-49-42-66-50(41-65(49)75-59-25-7-3-17-45(59)39-57(61)69(47)75)38-48-32-34-62(58-40-46-18-4-8-26-60(46)76(66)70(48)58)74(52-20-12-16-44(2)36-52)64-28-14-24-56-54-22-6-10-30-68(54)78-72(56)64/h3-36,41-42H,37-40H2,1-2H3. The van der Waals surface area contributed by atoms with Gasteiger partial charge in [-0.3, -0.25) is 0 Å². The van der Waals surface area contributed by atoms with E-state index in [-0.39, 0.29) is 0 Å². The Morgan fingerprint density at radius 1 is 0.321 bits per heavy atom. The summed E-state index contributed by atoms with van der Waals surface area (Å²) in [5, 5.41) is 4.48. The third kappa shape index (κ3) is 6.25. The van der Waals surface area contributed by atoms with Crippen molar-refractivity contribution in [1.29, 1.82) is 0 Å². The zero-order chi connectivity index (χ0) is 51.3. The molecule has 0 N–H and O–H groups in total. The Balaban J connectivity index is 0.850. The number of benzene rings is 11. The van der Waals surface area contributed by atoms with E-state index in [2.05, 4.69) is 252 Å². The fourth-order valence-electron chi connectivity index (χ4n) is 13.8. The van der Waals surface area contributed by atoms with Gasteiger partial charge in [0.15, 0.2) is 11.2 Å². The number of hydrogen-bond donors (Lipinski definition) is 0. The molecule has 370 valence electrons. The number of rotatable bonds is 6. The summed E-state index contributed by atoms with van der Waals surface area (Å²) in [4.78, 5) is 10.1. The molecule has 4 aliphatic rings. The Kier molecular flexibility index (Phi) is 9.12. The average molecular weight is 1000 g/mol. The minimum atomic E-state index is 0.803. The molecule has 0 saturated carbocycles. The van der Waals surface area contributed by atoms with Crippen LogP contribution in [0.3, 0.4) is 0 Å². The Hall–Kier alpha value is -9.78. The highest BCUT2D eigenvalue weighted by Crippen LogP contribution is 2.59. The topological polar surface area (TPSA) is 39.2 Å². The summed E-state index contributed by atoms with van der Waals surface area (Å²) >= 11 is 0. The molecule has 0 atom stereocenters. The number of fused-ring (bicyclic) bond motifs is 14. The smallest absolute Gasteiger partial charge is 0.159 e. The van der Waals surface area contributed by atoms with Gasteiger partial charge in [-0.2, -0.15) is 0 Å². The first-order valence-electron chi connectivity index (χ1n) is 27.2. The van der Waals surface area contributed by atoms with Crippen LogP contribution >= 0.6 is 0 Å². The highest BCUT2D eigenvalue weighted by atomic mass is 16.3.